The maximum absolute atomic E-state index is 12.9. The van der Waals surface area contributed by atoms with E-state index in [1.807, 2.05) is 6.92 Å². The lowest BCUT2D eigenvalue weighted by Gasteiger charge is -2.62. The Labute approximate surface area is 151 Å². The molecule has 0 aromatic rings. The molecule has 0 radical (unpaired) electrons. The van der Waals surface area contributed by atoms with Gasteiger partial charge in [0.05, 0.1) is 6.10 Å². The van der Waals surface area contributed by atoms with E-state index in [1.165, 1.54) is 0 Å². The summed E-state index contributed by atoms with van der Waals surface area (Å²) in [5, 5.41) is 13.9. The Kier molecular flexibility index (Phi) is 4.06. The van der Waals surface area contributed by atoms with E-state index in [0.29, 0.717) is 36.4 Å². The van der Waals surface area contributed by atoms with E-state index >= 15 is 0 Å². The molecule has 4 nitrogen and oxygen atoms in total. The predicted molar refractivity (Wildman–Crippen MR) is 95.7 cm³/mol. The molecule has 0 bridgehead atoms. The molecular formula is C21H33NO3. The fourth-order valence-electron chi connectivity index (χ4n) is 7.28. The van der Waals surface area contributed by atoms with Crippen LogP contribution in [0.2, 0.25) is 0 Å². The van der Waals surface area contributed by atoms with Gasteiger partial charge in [-0.1, -0.05) is 20.8 Å². The molecule has 4 rings (SSSR count). The van der Waals surface area contributed by atoms with Gasteiger partial charge in [0.25, 0.3) is 0 Å². The lowest BCUT2D eigenvalue weighted by atomic mass is 9.44. The van der Waals surface area contributed by atoms with Crippen molar-refractivity contribution in [3.05, 3.63) is 0 Å². The summed E-state index contributed by atoms with van der Waals surface area (Å²) in [6.07, 6.45) is 6.82. The first-order valence-electron chi connectivity index (χ1n) is 10.3. The van der Waals surface area contributed by atoms with Crippen LogP contribution in [0.4, 0.5) is 0 Å². The van der Waals surface area contributed by atoms with Crippen LogP contribution in [0.1, 0.15) is 72.1 Å². The summed E-state index contributed by atoms with van der Waals surface area (Å²) in [7, 11) is 0. The summed E-state index contributed by atoms with van der Waals surface area (Å²) in [5.74, 6) is 1.91. The molecule has 2 N–H and O–H groups in total. The molecule has 4 fully saturated rings. The maximum Gasteiger partial charge on any atom is 0.220 e. The Hall–Kier alpha value is -0.900. The van der Waals surface area contributed by atoms with Crippen molar-refractivity contribution in [3.8, 4) is 0 Å². The van der Waals surface area contributed by atoms with Gasteiger partial charge in [-0.3, -0.25) is 9.59 Å². The van der Waals surface area contributed by atoms with E-state index in [1.54, 1.807) is 0 Å². The second kappa shape index (κ2) is 5.80. The van der Waals surface area contributed by atoms with Crippen LogP contribution in [0.25, 0.3) is 0 Å². The fourth-order valence-corrected chi connectivity index (χ4v) is 7.28. The number of aliphatic hydroxyl groups excluding tert-OH is 1. The lowest BCUT2D eigenvalue weighted by Crippen LogP contribution is -2.64. The Morgan fingerprint density at radius 2 is 1.88 bits per heavy atom. The van der Waals surface area contributed by atoms with E-state index in [2.05, 4.69) is 19.2 Å². The second-order valence-electron chi connectivity index (χ2n) is 9.72. The molecule has 4 aliphatic rings. The van der Waals surface area contributed by atoms with E-state index in [-0.39, 0.29) is 34.8 Å². The zero-order valence-corrected chi connectivity index (χ0v) is 15.9. The molecule has 0 aromatic carbocycles. The van der Waals surface area contributed by atoms with Crippen molar-refractivity contribution in [1.29, 1.82) is 0 Å². The summed E-state index contributed by atoms with van der Waals surface area (Å²) >= 11 is 0. The number of rotatable bonds is 2. The number of piperidine rings is 1. The Morgan fingerprint density at radius 3 is 2.60 bits per heavy atom. The van der Waals surface area contributed by atoms with Gasteiger partial charge in [-0.25, -0.2) is 0 Å². The molecule has 1 saturated heterocycles. The molecule has 1 amide bonds. The molecule has 1 heterocycles. The highest BCUT2D eigenvalue weighted by Gasteiger charge is 2.63. The third-order valence-electron chi connectivity index (χ3n) is 8.87. The molecule has 3 unspecified atom stereocenters. The minimum Gasteiger partial charge on any atom is -0.393 e. The van der Waals surface area contributed by atoms with Crippen LogP contribution in [-0.2, 0) is 9.59 Å². The monoisotopic (exact) mass is 347 g/mol. The normalized spacial score (nSPS) is 51.9. The zero-order valence-electron chi connectivity index (χ0n) is 15.9. The molecular weight excluding hydrogens is 314 g/mol. The van der Waals surface area contributed by atoms with Crippen molar-refractivity contribution in [2.24, 2.45) is 34.5 Å². The molecule has 140 valence electrons. The first kappa shape index (κ1) is 17.5. The summed E-state index contributed by atoms with van der Waals surface area (Å²) in [6.45, 7) is 6.58. The number of Topliss-reactive ketones (excluding diaryl/α,β-unsaturated/α-hetero) is 1. The fraction of sp³-hybridized carbons (Fsp3) is 0.905. The minimum atomic E-state index is -0.215. The number of hydrogen-bond donors (Lipinski definition) is 2. The largest absolute Gasteiger partial charge is 0.393 e. The SMILES string of the molecule is CCC(=O)[C@H]1C[C@H]2NC(=O)CC[C@]2(C)C2CC[C@@]3(C)C(CC[C@@H]3O)C21. The van der Waals surface area contributed by atoms with Gasteiger partial charge >= 0.3 is 0 Å². The van der Waals surface area contributed by atoms with Crippen LogP contribution >= 0.6 is 0 Å². The topological polar surface area (TPSA) is 66.4 Å². The van der Waals surface area contributed by atoms with Gasteiger partial charge in [0.2, 0.25) is 5.91 Å². The lowest BCUT2D eigenvalue weighted by molar-refractivity contribution is -0.158. The van der Waals surface area contributed by atoms with Crippen molar-refractivity contribution in [3.63, 3.8) is 0 Å². The van der Waals surface area contributed by atoms with Crippen molar-refractivity contribution in [2.75, 3.05) is 0 Å². The third-order valence-corrected chi connectivity index (χ3v) is 8.87. The van der Waals surface area contributed by atoms with E-state index in [4.69, 9.17) is 0 Å². The quantitative estimate of drug-likeness (QED) is 0.807. The van der Waals surface area contributed by atoms with Gasteiger partial charge in [-0.15, -0.1) is 0 Å². The van der Waals surface area contributed by atoms with E-state index in [0.717, 1.165) is 38.5 Å². The molecule has 0 spiro atoms. The van der Waals surface area contributed by atoms with Gasteiger partial charge in [0.15, 0.2) is 0 Å². The Bertz CT molecular complexity index is 590. The van der Waals surface area contributed by atoms with Crippen molar-refractivity contribution < 1.29 is 14.7 Å². The molecule has 4 heteroatoms. The average molecular weight is 347 g/mol. The van der Waals surface area contributed by atoms with Crippen LogP contribution in [0.15, 0.2) is 0 Å². The molecule has 0 aromatic heterocycles. The standard InChI is InChI=1S/C21H33NO3/c1-4-15(23)12-11-16-20(2,10-8-18(25)22-16)14-7-9-21(3)13(19(12)14)5-6-17(21)24/h12-14,16-17,19,24H,4-11H2,1-3H3,(H,22,25)/t12-,13?,14?,16-,17+,19?,20-,21+/m1/s1. The van der Waals surface area contributed by atoms with E-state index in [9.17, 15) is 14.7 Å². The highest BCUT2D eigenvalue weighted by molar-refractivity contribution is 5.82. The van der Waals surface area contributed by atoms with Gasteiger partial charge in [-0.05, 0) is 67.1 Å². The van der Waals surface area contributed by atoms with Gasteiger partial charge < -0.3 is 10.4 Å². The average Bonchev–Trinajstić information content (AvgIpc) is 2.89. The van der Waals surface area contributed by atoms with Crippen LogP contribution in [0, 0.1) is 34.5 Å². The second-order valence-corrected chi connectivity index (χ2v) is 9.72. The van der Waals surface area contributed by atoms with Crippen LogP contribution in [-0.4, -0.2) is 28.9 Å². The molecule has 3 aliphatic carbocycles. The Balaban J connectivity index is 1.74. The van der Waals surface area contributed by atoms with Crippen molar-refractivity contribution >= 4 is 11.7 Å². The number of carbonyl (C=O) groups excluding carboxylic acids is 2. The highest BCUT2D eigenvalue weighted by atomic mass is 16.3. The third kappa shape index (κ3) is 2.35. The van der Waals surface area contributed by atoms with Gasteiger partial charge in [0.1, 0.15) is 5.78 Å². The van der Waals surface area contributed by atoms with Crippen LogP contribution in [0.3, 0.4) is 0 Å². The highest BCUT2D eigenvalue weighted by Crippen LogP contribution is 2.65. The summed E-state index contributed by atoms with van der Waals surface area (Å²) in [6, 6.07) is 0.145. The number of nitrogens with one attached hydrogen (secondary N) is 1. The number of hydrogen-bond acceptors (Lipinski definition) is 3. The predicted octanol–water partition coefficient (Wildman–Crippen LogP) is 3.07. The number of carbonyl (C=O) groups is 2. The summed E-state index contributed by atoms with van der Waals surface area (Å²) in [5.41, 5.74) is 0.0898. The summed E-state index contributed by atoms with van der Waals surface area (Å²) < 4.78 is 0. The number of fused-ring (bicyclic) bond motifs is 5. The zero-order chi connectivity index (χ0) is 18.0. The van der Waals surface area contributed by atoms with Crippen LogP contribution < -0.4 is 5.32 Å². The van der Waals surface area contributed by atoms with Crippen LogP contribution in [0.5, 0.6) is 0 Å². The molecule has 1 aliphatic heterocycles. The Morgan fingerprint density at radius 1 is 1.16 bits per heavy atom. The number of ketones is 1. The maximum atomic E-state index is 12.9. The first-order chi connectivity index (χ1) is 11.8. The number of amides is 1. The first-order valence-corrected chi connectivity index (χ1v) is 10.3. The van der Waals surface area contributed by atoms with Gasteiger partial charge in [0, 0.05) is 24.8 Å². The summed E-state index contributed by atoms with van der Waals surface area (Å²) in [4.78, 5) is 24.9. The smallest absolute Gasteiger partial charge is 0.220 e. The minimum absolute atomic E-state index is 0.0193. The molecule has 3 saturated carbocycles. The van der Waals surface area contributed by atoms with Gasteiger partial charge in [-0.2, -0.15) is 0 Å². The number of aliphatic hydroxyl groups is 1. The van der Waals surface area contributed by atoms with Crippen molar-refractivity contribution in [1.82, 2.24) is 5.32 Å². The molecule has 8 atom stereocenters. The van der Waals surface area contributed by atoms with Crippen molar-refractivity contribution in [2.45, 2.75) is 84.3 Å². The van der Waals surface area contributed by atoms with E-state index < -0.39 is 0 Å². The molecule has 25 heavy (non-hydrogen) atoms.